The van der Waals surface area contributed by atoms with Crippen LogP contribution in [0.1, 0.15) is 11.7 Å². The third-order valence-corrected chi connectivity index (χ3v) is 1.36. The summed E-state index contributed by atoms with van der Waals surface area (Å²) in [6.07, 6.45) is -0.735. The van der Waals surface area contributed by atoms with Gasteiger partial charge in [0.1, 0.15) is 6.10 Å². The van der Waals surface area contributed by atoms with Crippen molar-refractivity contribution in [1.82, 2.24) is 0 Å². The highest BCUT2D eigenvalue weighted by Crippen LogP contribution is 2.09. The lowest BCUT2D eigenvalue weighted by Gasteiger charge is -2.05. The van der Waals surface area contributed by atoms with E-state index in [1.807, 2.05) is 18.2 Å². The molecule has 3 nitrogen and oxygen atoms in total. The predicted molar refractivity (Wildman–Crippen MR) is 51.4 cm³/mol. The van der Waals surface area contributed by atoms with Gasteiger partial charge in [-0.25, -0.2) is 0 Å². The van der Waals surface area contributed by atoms with E-state index in [4.69, 9.17) is 10.2 Å². The van der Waals surface area contributed by atoms with E-state index >= 15 is 0 Å². The van der Waals surface area contributed by atoms with E-state index in [9.17, 15) is 0 Å². The summed E-state index contributed by atoms with van der Waals surface area (Å²) in [5.74, 6) is 0. The predicted octanol–water partition coefficient (Wildman–Crippen LogP) is 0.975. The van der Waals surface area contributed by atoms with E-state index in [-0.39, 0.29) is 6.61 Å². The van der Waals surface area contributed by atoms with Crippen LogP contribution in [0.25, 0.3) is 0 Å². The summed E-state index contributed by atoms with van der Waals surface area (Å²) >= 11 is 0. The van der Waals surface area contributed by atoms with Gasteiger partial charge in [0.15, 0.2) is 0 Å². The van der Waals surface area contributed by atoms with Crippen molar-refractivity contribution >= 4 is 0 Å². The van der Waals surface area contributed by atoms with Gasteiger partial charge in [-0.15, -0.1) is 0 Å². The van der Waals surface area contributed by atoms with Crippen LogP contribution in [0.2, 0.25) is 0 Å². The molecule has 1 aromatic rings. The third kappa shape index (κ3) is 5.36. The molecule has 0 aliphatic rings. The van der Waals surface area contributed by atoms with Crippen LogP contribution in [-0.4, -0.2) is 31.0 Å². The lowest BCUT2D eigenvalue weighted by Crippen LogP contribution is -2.01. The first kappa shape index (κ1) is 12.1. The maximum Gasteiger partial charge on any atom is 0.102 e. The van der Waals surface area contributed by atoms with Gasteiger partial charge in [0, 0.05) is 14.2 Å². The Morgan fingerprint density at radius 1 is 1.23 bits per heavy atom. The van der Waals surface area contributed by atoms with Gasteiger partial charge >= 0.3 is 0 Å². The smallest absolute Gasteiger partial charge is 0.102 e. The maximum absolute atomic E-state index is 9.08. The minimum atomic E-state index is -0.735. The molecule has 0 spiro atoms. The maximum atomic E-state index is 9.08. The zero-order chi connectivity index (χ0) is 10.1. The quantitative estimate of drug-likeness (QED) is 0.720. The second-order valence-corrected chi connectivity index (χ2v) is 2.52. The molecule has 1 unspecified atom stereocenters. The van der Waals surface area contributed by atoms with Crippen molar-refractivity contribution in [3.8, 4) is 0 Å². The Kier molecular flexibility index (Phi) is 7.20. The molecule has 1 atom stereocenters. The summed E-state index contributed by atoms with van der Waals surface area (Å²) in [5.41, 5.74) is 0.755. The third-order valence-electron chi connectivity index (χ3n) is 1.36. The molecule has 3 heteroatoms. The molecule has 0 aliphatic heterocycles. The lowest BCUT2D eigenvalue weighted by atomic mass is 10.1. The molecule has 0 amide bonds. The summed E-state index contributed by atoms with van der Waals surface area (Å²) < 4.78 is 4.25. The topological polar surface area (TPSA) is 49.7 Å². The molecule has 1 rings (SSSR count). The Labute approximate surface area is 78.6 Å². The van der Waals surface area contributed by atoms with E-state index in [0.717, 1.165) is 5.56 Å². The van der Waals surface area contributed by atoms with Gasteiger partial charge < -0.3 is 14.9 Å². The Morgan fingerprint density at radius 3 is 2.08 bits per heavy atom. The molecule has 0 bridgehead atoms. The average molecular weight is 184 g/mol. The van der Waals surface area contributed by atoms with E-state index < -0.39 is 6.10 Å². The Balaban J connectivity index is 0.000000424. The number of hydrogen-bond donors (Lipinski definition) is 2. The molecule has 0 saturated heterocycles. The van der Waals surface area contributed by atoms with E-state index in [2.05, 4.69) is 4.74 Å². The van der Waals surface area contributed by atoms with Crippen molar-refractivity contribution in [2.45, 2.75) is 6.10 Å². The standard InChI is InChI=1S/C8H10O2.C2H6O/c9-6-8(10)7-4-2-1-3-5-7;1-3-2/h1-5,8-10H,6H2;1-2H3. The number of rotatable bonds is 2. The second-order valence-electron chi connectivity index (χ2n) is 2.52. The highest BCUT2D eigenvalue weighted by Gasteiger charge is 2.02. The minimum Gasteiger partial charge on any atom is -0.393 e. The largest absolute Gasteiger partial charge is 0.393 e. The molecule has 2 N–H and O–H groups in total. The first-order valence-electron chi connectivity index (χ1n) is 4.00. The van der Waals surface area contributed by atoms with Crippen LogP contribution in [0.3, 0.4) is 0 Å². The molecular weight excluding hydrogens is 168 g/mol. The second kappa shape index (κ2) is 7.73. The summed E-state index contributed by atoms with van der Waals surface area (Å²) in [4.78, 5) is 0. The minimum absolute atomic E-state index is 0.218. The molecule has 0 radical (unpaired) electrons. The van der Waals surface area contributed by atoms with Crippen molar-refractivity contribution in [1.29, 1.82) is 0 Å². The molecule has 0 heterocycles. The van der Waals surface area contributed by atoms with Crippen molar-refractivity contribution in [2.75, 3.05) is 20.8 Å². The number of aliphatic hydroxyl groups excluding tert-OH is 2. The van der Waals surface area contributed by atoms with Gasteiger partial charge in [-0.1, -0.05) is 30.3 Å². The summed E-state index contributed by atoms with van der Waals surface area (Å²) in [5, 5.41) is 17.6. The number of aliphatic hydroxyl groups is 2. The van der Waals surface area contributed by atoms with Crippen LogP contribution in [0, 0.1) is 0 Å². The number of methoxy groups -OCH3 is 1. The monoisotopic (exact) mass is 184 g/mol. The van der Waals surface area contributed by atoms with Crippen molar-refractivity contribution in [3.05, 3.63) is 35.9 Å². The molecular formula is C10H16O3. The van der Waals surface area contributed by atoms with Crippen LogP contribution in [0.5, 0.6) is 0 Å². The van der Waals surface area contributed by atoms with Crippen LogP contribution < -0.4 is 0 Å². The van der Waals surface area contributed by atoms with E-state index in [1.165, 1.54) is 0 Å². The number of benzene rings is 1. The SMILES string of the molecule is COC.OCC(O)c1ccccc1. The lowest BCUT2D eigenvalue weighted by molar-refractivity contribution is 0.0956. The highest BCUT2D eigenvalue weighted by molar-refractivity contribution is 5.16. The first-order chi connectivity index (χ1) is 6.26. The molecule has 0 saturated carbocycles. The fourth-order valence-electron chi connectivity index (χ4n) is 0.781. The summed E-state index contributed by atoms with van der Waals surface area (Å²) in [6, 6.07) is 9.08. The molecule has 0 fully saturated rings. The number of hydrogen-bond acceptors (Lipinski definition) is 3. The van der Waals surface area contributed by atoms with Crippen LogP contribution in [-0.2, 0) is 4.74 Å². The van der Waals surface area contributed by atoms with Crippen molar-refractivity contribution < 1.29 is 14.9 Å². The van der Waals surface area contributed by atoms with Gasteiger partial charge in [0.25, 0.3) is 0 Å². The molecule has 0 aromatic heterocycles. The Hall–Kier alpha value is -0.900. The summed E-state index contributed by atoms with van der Waals surface area (Å²) in [7, 11) is 3.25. The van der Waals surface area contributed by atoms with Crippen LogP contribution in [0.15, 0.2) is 30.3 Å². The van der Waals surface area contributed by atoms with Gasteiger partial charge in [-0.2, -0.15) is 0 Å². The fraction of sp³-hybridized carbons (Fsp3) is 0.400. The highest BCUT2D eigenvalue weighted by atomic mass is 16.4. The first-order valence-corrected chi connectivity index (χ1v) is 4.00. The average Bonchev–Trinajstić information content (AvgIpc) is 2.19. The zero-order valence-electron chi connectivity index (χ0n) is 7.97. The molecule has 1 aromatic carbocycles. The fourth-order valence-corrected chi connectivity index (χ4v) is 0.781. The van der Waals surface area contributed by atoms with Gasteiger partial charge in [0.05, 0.1) is 6.61 Å². The van der Waals surface area contributed by atoms with Crippen LogP contribution in [0.4, 0.5) is 0 Å². The summed E-state index contributed by atoms with van der Waals surface area (Å²) in [6.45, 7) is -0.218. The number of ether oxygens (including phenoxy) is 1. The van der Waals surface area contributed by atoms with E-state index in [0.29, 0.717) is 0 Å². The Bertz CT molecular complexity index is 199. The van der Waals surface area contributed by atoms with Gasteiger partial charge in [0.2, 0.25) is 0 Å². The van der Waals surface area contributed by atoms with Crippen molar-refractivity contribution in [2.24, 2.45) is 0 Å². The van der Waals surface area contributed by atoms with Gasteiger partial charge in [-0.3, -0.25) is 0 Å². The Morgan fingerprint density at radius 2 is 1.69 bits per heavy atom. The normalized spacial score (nSPS) is 11.4. The zero-order valence-corrected chi connectivity index (χ0v) is 7.97. The molecule has 0 aliphatic carbocycles. The van der Waals surface area contributed by atoms with Crippen LogP contribution >= 0.6 is 0 Å². The molecule has 74 valence electrons. The molecule has 13 heavy (non-hydrogen) atoms. The van der Waals surface area contributed by atoms with Crippen molar-refractivity contribution in [3.63, 3.8) is 0 Å². The van der Waals surface area contributed by atoms with E-state index in [1.54, 1.807) is 26.4 Å². The van der Waals surface area contributed by atoms with Gasteiger partial charge in [-0.05, 0) is 5.56 Å².